The van der Waals surface area contributed by atoms with Gasteiger partial charge in [-0.15, -0.1) is 0 Å². The largest absolute Gasteiger partial charge is 0.492 e. The van der Waals surface area contributed by atoms with Crippen LogP contribution in [0.1, 0.15) is 13.8 Å². The molecule has 1 aromatic carbocycles. The van der Waals surface area contributed by atoms with Gasteiger partial charge in [0.15, 0.2) is 9.84 Å². The second-order valence-corrected chi connectivity index (χ2v) is 7.31. The van der Waals surface area contributed by atoms with Gasteiger partial charge in [0.25, 0.3) is 0 Å². The first-order valence-electron chi connectivity index (χ1n) is 5.02. The Morgan fingerprint density at radius 3 is 2.62 bits per heavy atom. The molecule has 0 N–H and O–H groups in total. The highest BCUT2D eigenvalue weighted by Gasteiger charge is 2.15. The SMILES string of the molecule is CC(C)S(=O)(=O)CCOc1cccc(Br)c1. The molecule has 0 heterocycles. The number of ether oxygens (including phenoxy) is 1. The summed E-state index contributed by atoms with van der Waals surface area (Å²) in [4.78, 5) is 0. The van der Waals surface area contributed by atoms with Gasteiger partial charge in [-0.2, -0.15) is 0 Å². The molecule has 5 heteroatoms. The van der Waals surface area contributed by atoms with Crippen molar-refractivity contribution >= 4 is 25.8 Å². The third kappa shape index (κ3) is 4.14. The van der Waals surface area contributed by atoms with E-state index in [1.807, 2.05) is 18.2 Å². The molecule has 0 atom stereocenters. The van der Waals surface area contributed by atoms with Crippen LogP contribution in [-0.4, -0.2) is 26.0 Å². The van der Waals surface area contributed by atoms with Gasteiger partial charge < -0.3 is 4.74 Å². The third-order valence-corrected chi connectivity index (χ3v) is 4.82. The fraction of sp³-hybridized carbons (Fsp3) is 0.455. The Morgan fingerprint density at radius 1 is 1.38 bits per heavy atom. The maximum Gasteiger partial charge on any atom is 0.155 e. The Labute approximate surface area is 105 Å². The van der Waals surface area contributed by atoms with E-state index < -0.39 is 9.84 Å². The van der Waals surface area contributed by atoms with E-state index in [4.69, 9.17) is 4.74 Å². The van der Waals surface area contributed by atoms with Gasteiger partial charge in [-0.25, -0.2) is 8.42 Å². The smallest absolute Gasteiger partial charge is 0.155 e. The van der Waals surface area contributed by atoms with Gasteiger partial charge in [-0.3, -0.25) is 0 Å². The van der Waals surface area contributed by atoms with Crippen molar-refractivity contribution in [3.05, 3.63) is 28.7 Å². The number of halogens is 1. The van der Waals surface area contributed by atoms with Gasteiger partial charge in [-0.05, 0) is 32.0 Å². The lowest BCUT2D eigenvalue weighted by Gasteiger charge is -2.09. The summed E-state index contributed by atoms with van der Waals surface area (Å²) in [7, 11) is -3.02. The number of benzene rings is 1. The zero-order chi connectivity index (χ0) is 12.2. The first-order valence-corrected chi connectivity index (χ1v) is 7.52. The fourth-order valence-corrected chi connectivity index (χ4v) is 2.23. The van der Waals surface area contributed by atoms with Gasteiger partial charge in [-0.1, -0.05) is 22.0 Å². The minimum absolute atomic E-state index is 0.0528. The predicted molar refractivity (Wildman–Crippen MR) is 68.6 cm³/mol. The second kappa shape index (κ2) is 5.68. The number of hydrogen-bond acceptors (Lipinski definition) is 3. The molecule has 0 amide bonds. The van der Waals surface area contributed by atoms with Crippen molar-refractivity contribution < 1.29 is 13.2 Å². The van der Waals surface area contributed by atoms with Crippen molar-refractivity contribution in [2.45, 2.75) is 19.1 Å². The molecule has 1 rings (SSSR count). The van der Waals surface area contributed by atoms with Crippen LogP contribution in [-0.2, 0) is 9.84 Å². The van der Waals surface area contributed by atoms with Crippen molar-refractivity contribution in [1.29, 1.82) is 0 Å². The summed E-state index contributed by atoms with van der Waals surface area (Å²) >= 11 is 3.32. The van der Waals surface area contributed by atoms with Crippen LogP contribution in [0.5, 0.6) is 5.75 Å². The average Bonchev–Trinajstić information content (AvgIpc) is 2.17. The number of sulfone groups is 1. The number of hydrogen-bond donors (Lipinski definition) is 0. The third-order valence-electron chi connectivity index (χ3n) is 2.15. The molecular formula is C11H15BrO3S. The molecule has 0 radical (unpaired) electrons. The van der Waals surface area contributed by atoms with Crippen LogP contribution in [0.3, 0.4) is 0 Å². The summed E-state index contributed by atoms with van der Waals surface area (Å²) in [6.07, 6.45) is 0. The van der Waals surface area contributed by atoms with E-state index in [0.717, 1.165) is 4.47 Å². The van der Waals surface area contributed by atoms with Gasteiger partial charge in [0, 0.05) is 4.47 Å². The van der Waals surface area contributed by atoms with E-state index in [0.29, 0.717) is 5.75 Å². The van der Waals surface area contributed by atoms with E-state index in [1.54, 1.807) is 19.9 Å². The van der Waals surface area contributed by atoms with Crippen LogP contribution in [0.15, 0.2) is 28.7 Å². The van der Waals surface area contributed by atoms with E-state index >= 15 is 0 Å². The lowest BCUT2D eigenvalue weighted by Crippen LogP contribution is -2.21. The normalized spacial score (nSPS) is 11.8. The summed E-state index contributed by atoms with van der Waals surface area (Å²) in [6.45, 7) is 3.54. The van der Waals surface area contributed by atoms with Crippen LogP contribution in [0.2, 0.25) is 0 Å². The molecule has 0 aliphatic rings. The van der Waals surface area contributed by atoms with Crippen molar-refractivity contribution in [3.8, 4) is 5.75 Å². The summed E-state index contributed by atoms with van der Waals surface area (Å²) in [5.74, 6) is 0.727. The van der Waals surface area contributed by atoms with Crippen molar-refractivity contribution in [1.82, 2.24) is 0 Å². The lowest BCUT2D eigenvalue weighted by atomic mass is 10.3. The molecule has 0 aromatic heterocycles. The maximum absolute atomic E-state index is 11.5. The van der Waals surface area contributed by atoms with Gasteiger partial charge in [0.05, 0.1) is 11.0 Å². The van der Waals surface area contributed by atoms with E-state index in [-0.39, 0.29) is 17.6 Å². The van der Waals surface area contributed by atoms with E-state index in [2.05, 4.69) is 15.9 Å². The molecule has 0 unspecified atom stereocenters. The maximum atomic E-state index is 11.5. The Kier molecular flexibility index (Phi) is 4.80. The zero-order valence-corrected chi connectivity index (χ0v) is 11.7. The average molecular weight is 307 g/mol. The van der Waals surface area contributed by atoms with Crippen LogP contribution in [0, 0.1) is 0 Å². The molecule has 0 saturated heterocycles. The topological polar surface area (TPSA) is 43.4 Å². The van der Waals surface area contributed by atoms with Crippen molar-refractivity contribution in [2.75, 3.05) is 12.4 Å². The summed E-state index contributed by atoms with van der Waals surface area (Å²) < 4.78 is 29.3. The van der Waals surface area contributed by atoms with Crippen LogP contribution in [0.4, 0.5) is 0 Å². The minimum atomic E-state index is -3.02. The highest BCUT2D eigenvalue weighted by Crippen LogP contribution is 2.17. The van der Waals surface area contributed by atoms with E-state index in [9.17, 15) is 8.42 Å². The molecule has 90 valence electrons. The second-order valence-electron chi connectivity index (χ2n) is 3.72. The molecule has 0 bridgehead atoms. The summed E-state index contributed by atoms with van der Waals surface area (Å²) in [6, 6.07) is 7.34. The standard InChI is InChI=1S/C11H15BrO3S/c1-9(2)16(13,14)7-6-15-11-5-3-4-10(12)8-11/h3-5,8-9H,6-7H2,1-2H3. The highest BCUT2D eigenvalue weighted by molar-refractivity contribution is 9.10. The molecule has 0 aliphatic carbocycles. The molecule has 16 heavy (non-hydrogen) atoms. The molecule has 0 aliphatic heterocycles. The summed E-state index contributed by atoms with van der Waals surface area (Å²) in [5, 5.41) is -0.349. The van der Waals surface area contributed by atoms with E-state index in [1.165, 1.54) is 0 Å². The monoisotopic (exact) mass is 306 g/mol. The van der Waals surface area contributed by atoms with Gasteiger partial charge in [0.2, 0.25) is 0 Å². The highest BCUT2D eigenvalue weighted by atomic mass is 79.9. The molecular weight excluding hydrogens is 292 g/mol. The zero-order valence-electron chi connectivity index (χ0n) is 9.31. The summed E-state index contributed by atoms with van der Waals surface area (Å²) in [5.41, 5.74) is 0. The molecule has 3 nitrogen and oxygen atoms in total. The fourth-order valence-electron chi connectivity index (χ4n) is 1.07. The first-order chi connectivity index (χ1) is 7.42. The Balaban J connectivity index is 2.48. The Hall–Kier alpha value is -0.550. The molecule has 0 fully saturated rings. The predicted octanol–water partition coefficient (Wildman–Crippen LogP) is 2.65. The number of rotatable bonds is 5. The Morgan fingerprint density at radius 2 is 2.06 bits per heavy atom. The minimum Gasteiger partial charge on any atom is -0.492 e. The first kappa shape index (κ1) is 13.5. The van der Waals surface area contributed by atoms with Crippen LogP contribution >= 0.6 is 15.9 Å². The van der Waals surface area contributed by atoms with Crippen molar-refractivity contribution in [2.24, 2.45) is 0 Å². The van der Waals surface area contributed by atoms with Gasteiger partial charge >= 0.3 is 0 Å². The molecule has 1 aromatic rings. The molecule has 0 spiro atoms. The van der Waals surface area contributed by atoms with Crippen molar-refractivity contribution in [3.63, 3.8) is 0 Å². The van der Waals surface area contributed by atoms with Gasteiger partial charge in [0.1, 0.15) is 12.4 Å². The van der Waals surface area contributed by atoms with Crippen LogP contribution < -0.4 is 4.74 Å². The lowest BCUT2D eigenvalue weighted by molar-refractivity contribution is 0.340. The Bertz CT molecular complexity index is 440. The molecule has 0 saturated carbocycles. The van der Waals surface area contributed by atoms with Crippen LogP contribution in [0.25, 0.3) is 0 Å². The quantitative estimate of drug-likeness (QED) is 0.840.